The van der Waals surface area contributed by atoms with E-state index in [0.29, 0.717) is 16.3 Å². The van der Waals surface area contributed by atoms with E-state index < -0.39 is 11.5 Å². The summed E-state index contributed by atoms with van der Waals surface area (Å²) in [6.45, 7) is 0. The lowest BCUT2D eigenvalue weighted by molar-refractivity contribution is -0.138. The number of hydrogen-bond acceptors (Lipinski definition) is 3. The predicted molar refractivity (Wildman–Crippen MR) is 89.1 cm³/mol. The minimum Gasteiger partial charge on any atom is -0.375 e. The Morgan fingerprint density at radius 1 is 1.22 bits per heavy atom. The van der Waals surface area contributed by atoms with Gasteiger partial charge >= 0.3 is 0 Å². The smallest absolute Gasteiger partial charge is 0.261 e. The van der Waals surface area contributed by atoms with Gasteiger partial charge in [-0.3, -0.25) is 9.59 Å². The fourth-order valence-corrected chi connectivity index (χ4v) is 2.73. The van der Waals surface area contributed by atoms with E-state index in [2.05, 4.69) is 5.32 Å². The van der Waals surface area contributed by atoms with Gasteiger partial charge in [-0.2, -0.15) is 0 Å². The van der Waals surface area contributed by atoms with Crippen LogP contribution in [0.25, 0.3) is 6.08 Å². The first-order chi connectivity index (χ1) is 11.0. The summed E-state index contributed by atoms with van der Waals surface area (Å²) in [6.07, 6.45) is 2.68. The molecule has 2 aromatic rings. The molecular formula is C18H14ClNO3. The molecule has 2 aromatic carbocycles. The zero-order valence-corrected chi connectivity index (χ0v) is 12.9. The van der Waals surface area contributed by atoms with Crippen LogP contribution in [0.1, 0.15) is 17.5 Å². The van der Waals surface area contributed by atoms with Gasteiger partial charge in [0.05, 0.1) is 6.42 Å². The Labute approximate surface area is 138 Å². The summed E-state index contributed by atoms with van der Waals surface area (Å²) in [7, 11) is 0. The van der Waals surface area contributed by atoms with Gasteiger partial charge in [-0.15, -0.1) is 0 Å². The molecule has 0 aliphatic carbocycles. The molecule has 1 aliphatic heterocycles. The maximum Gasteiger partial charge on any atom is 0.261 e. The van der Waals surface area contributed by atoms with Crippen LogP contribution in [0.4, 0.5) is 5.69 Å². The van der Waals surface area contributed by atoms with Crippen LogP contribution in [-0.4, -0.2) is 16.8 Å². The molecule has 4 nitrogen and oxygen atoms in total. The summed E-state index contributed by atoms with van der Waals surface area (Å²) in [4.78, 5) is 24.3. The van der Waals surface area contributed by atoms with Crippen LogP contribution < -0.4 is 5.32 Å². The summed E-state index contributed by atoms with van der Waals surface area (Å²) in [5, 5.41) is 13.6. The molecule has 1 heterocycles. The minimum atomic E-state index is -1.89. The Hall–Kier alpha value is -2.43. The van der Waals surface area contributed by atoms with Gasteiger partial charge in [-0.25, -0.2) is 0 Å². The molecule has 1 amide bonds. The van der Waals surface area contributed by atoms with Gasteiger partial charge in [0.25, 0.3) is 5.91 Å². The topological polar surface area (TPSA) is 66.4 Å². The van der Waals surface area contributed by atoms with E-state index in [1.54, 1.807) is 18.2 Å². The van der Waals surface area contributed by atoms with Gasteiger partial charge in [0, 0.05) is 16.3 Å². The average molecular weight is 328 g/mol. The Kier molecular flexibility index (Phi) is 4.03. The van der Waals surface area contributed by atoms with Gasteiger partial charge in [0.15, 0.2) is 11.4 Å². The molecule has 0 unspecified atom stereocenters. The summed E-state index contributed by atoms with van der Waals surface area (Å²) in [5.74, 6) is -0.962. The number of benzene rings is 2. The highest BCUT2D eigenvalue weighted by Gasteiger charge is 2.46. The average Bonchev–Trinajstić information content (AvgIpc) is 2.78. The lowest BCUT2D eigenvalue weighted by Gasteiger charge is -2.19. The highest BCUT2D eigenvalue weighted by molar-refractivity contribution is 6.31. The molecule has 0 saturated carbocycles. The van der Waals surface area contributed by atoms with Crippen molar-refractivity contribution in [3.05, 3.63) is 70.8 Å². The second kappa shape index (κ2) is 5.99. The number of anilines is 1. The molecular weight excluding hydrogens is 314 g/mol. The Balaban J connectivity index is 1.82. The quantitative estimate of drug-likeness (QED) is 0.848. The number of hydrogen-bond donors (Lipinski definition) is 2. The predicted octanol–water partition coefficient (Wildman–Crippen LogP) is 3.15. The van der Waals surface area contributed by atoms with Gasteiger partial charge in [-0.05, 0) is 29.8 Å². The van der Waals surface area contributed by atoms with Gasteiger partial charge < -0.3 is 10.4 Å². The van der Waals surface area contributed by atoms with Crippen molar-refractivity contribution in [2.45, 2.75) is 12.0 Å². The zero-order valence-electron chi connectivity index (χ0n) is 12.1. The van der Waals surface area contributed by atoms with Gasteiger partial charge in [0.2, 0.25) is 0 Å². The second-order valence-corrected chi connectivity index (χ2v) is 5.83. The number of amides is 1. The first-order valence-corrected chi connectivity index (χ1v) is 7.47. The normalized spacial score (nSPS) is 19.7. The molecule has 1 atom stereocenters. The van der Waals surface area contributed by atoms with Crippen molar-refractivity contribution in [2.24, 2.45) is 0 Å². The third-order valence-corrected chi connectivity index (χ3v) is 3.98. The summed E-state index contributed by atoms with van der Waals surface area (Å²) >= 11 is 5.93. The molecule has 0 aromatic heterocycles. The molecule has 23 heavy (non-hydrogen) atoms. The molecule has 0 spiro atoms. The molecule has 0 fully saturated rings. The van der Waals surface area contributed by atoms with E-state index in [0.717, 1.165) is 5.56 Å². The Bertz CT molecular complexity index is 801. The van der Waals surface area contributed by atoms with E-state index in [1.165, 1.54) is 12.1 Å². The monoisotopic (exact) mass is 327 g/mol. The lowest BCUT2D eigenvalue weighted by atomic mass is 9.89. The molecule has 3 rings (SSSR count). The van der Waals surface area contributed by atoms with Crippen molar-refractivity contribution >= 4 is 35.1 Å². The standard InChI is InChI=1S/C18H14ClNO3/c19-13-7-9-16-15(10-13)18(23,17(22)20-16)11-14(21)8-6-12-4-2-1-3-5-12/h1-10,23H,11H2,(H,20,22)/b8-6-/t18-/m0/s1. The van der Waals surface area contributed by atoms with Crippen LogP contribution >= 0.6 is 11.6 Å². The third-order valence-electron chi connectivity index (χ3n) is 3.74. The maximum atomic E-state index is 12.2. The highest BCUT2D eigenvalue weighted by Crippen LogP contribution is 2.39. The van der Waals surface area contributed by atoms with Crippen molar-refractivity contribution < 1.29 is 14.7 Å². The zero-order chi connectivity index (χ0) is 16.4. The fourth-order valence-electron chi connectivity index (χ4n) is 2.56. The van der Waals surface area contributed by atoms with E-state index in [-0.39, 0.29) is 12.2 Å². The summed E-state index contributed by atoms with van der Waals surface area (Å²) in [5.41, 5.74) is -0.219. The highest BCUT2D eigenvalue weighted by atomic mass is 35.5. The molecule has 2 N–H and O–H groups in total. The van der Waals surface area contributed by atoms with Gasteiger partial charge in [-0.1, -0.05) is 48.0 Å². The van der Waals surface area contributed by atoms with Crippen LogP contribution in [0.15, 0.2) is 54.6 Å². The number of aliphatic hydroxyl groups is 1. The van der Waals surface area contributed by atoms with Crippen molar-refractivity contribution in [1.82, 2.24) is 0 Å². The largest absolute Gasteiger partial charge is 0.375 e. The number of ketones is 1. The SMILES string of the molecule is O=C(/C=C\c1ccccc1)C[C@@]1(O)C(=O)Nc2ccc(Cl)cc21. The molecule has 1 aliphatic rings. The van der Waals surface area contributed by atoms with Crippen molar-refractivity contribution in [3.8, 4) is 0 Å². The van der Waals surface area contributed by atoms with Crippen LogP contribution in [0.2, 0.25) is 5.02 Å². The second-order valence-electron chi connectivity index (χ2n) is 5.39. The molecule has 0 bridgehead atoms. The Morgan fingerprint density at radius 2 is 1.96 bits per heavy atom. The number of fused-ring (bicyclic) bond motifs is 1. The van der Waals surface area contributed by atoms with Crippen molar-refractivity contribution in [1.29, 1.82) is 0 Å². The maximum absolute atomic E-state index is 12.2. The number of allylic oxidation sites excluding steroid dienone is 1. The molecule has 0 radical (unpaired) electrons. The van der Waals surface area contributed by atoms with Crippen LogP contribution in [0.5, 0.6) is 0 Å². The van der Waals surface area contributed by atoms with Crippen molar-refractivity contribution in [3.63, 3.8) is 0 Å². The van der Waals surface area contributed by atoms with Crippen LogP contribution in [-0.2, 0) is 15.2 Å². The number of carbonyl (C=O) groups excluding carboxylic acids is 2. The molecule has 116 valence electrons. The van der Waals surface area contributed by atoms with Gasteiger partial charge in [0.1, 0.15) is 0 Å². The van der Waals surface area contributed by atoms with E-state index in [1.807, 2.05) is 30.3 Å². The first kappa shape index (κ1) is 15.5. The lowest BCUT2D eigenvalue weighted by Crippen LogP contribution is -2.36. The van der Waals surface area contributed by atoms with E-state index in [9.17, 15) is 14.7 Å². The molecule has 0 saturated heterocycles. The minimum absolute atomic E-state index is 0.330. The Morgan fingerprint density at radius 3 is 2.70 bits per heavy atom. The summed E-state index contributed by atoms with van der Waals surface area (Å²) in [6, 6.07) is 14.0. The molecule has 5 heteroatoms. The number of rotatable bonds is 4. The van der Waals surface area contributed by atoms with E-state index >= 15 is 0 Å². The number of nitrogens with one attached hydrogen (secondary N) is 1. The third kappa shape index (κ3) is 3.04. The first-order valence-electron chi connectivity index (χ1n) is 7.09. The summed E-state index contributed by atoms with van der Waals surface area (Å²) < 4.78 is 0. The van der Waals surface area contributed by atoms with E-state index in [4.69, 9.17) is 11.6 Å². The van der Waals surface area contributed by atoms with Crippen molar-refractivity contribution in [2.75, 3.05) is 5.32 Å². The number of carbonyl (C=O) groups is 2. The number of halogens is 1. The fraction of sp³-hybridized carbons (Fsp3) is 0.111. The van der Waals surface area contributed by atoms with Crippen LogP contribution in [0.3, 0.4) is 0 Å². The van der Waals surface area contributed by atoms with Crippen LogP contribution in [0, 0.1) is 0 Å².